The fourth-order valence-corrected chi connectivity index (χ4v) is 3.94. The highest BCUT2D eigenvalue weighted by atomic mass is 32.2. The van der Waals surface area contributed by atoms with Crippen molar-refractivity contribution in [2.24, 2.45) is 5.92 Å². The number of thioether (sulfide) groups is 1. The van der Waals surface area contributed by atoms with Crippen molar-refractivity contribution in [1.82, 2.24) is 0 Å². The van der Waals surface area contributed by atoms with E-state index in [9.17, 15) is 9.50 Å². The predicted octanol–water partition coefficient (Wildman–Crippen LogP) is 3.99. The van der Waals surface area contributed by atoms with Crippen LogP contribution >= 0.6 is 11.8 Å². The maximum absolute atomic E-state index is 13.1. The molecule has 0 spiro atoms. The van der Waals surface area contributed by atoms with Crippen LogP contribution in [0.3, 0.4) is 0 Å². The number of halogens is 1. The molecule has 2 rings (SSSR count). The Balaban J connectivity index is 2.07. The first kappa shape index (κ1) is 12.9. The van der Waals surface area contributed by atoms with Crippen molar-refractivity contribution in [3.05, 3.63) is 29.6 Å². The molecule has 1 saturated carbocycles. The molecule has 1 N–H and O–H groups in total. The number of rotatable bonds is 3. The van der Waals surface area contributed by atoms with E-state index in [1.807, 2.05) is 0 Å². The second-order valence-electron chi connectivity index (χ2n) is 4.92. The lowest BCUT2D eigenvalue weighted by atomic mass is 9.91. The van der Waals surface area contributed by atoms with Crippen molar-refractivity contribution in [2.75, 3.05) is 0 Å². The molecule has 1 aliphatic carbocycles. The first-order valence-electron chi connectivity index (χ1n) is 6.25. The molecule has 0 heterocycles. The minimum absolute atomic E-state index is 0.0810. The molecule has 1 nitrogen and oxygen atoms in total. The summed E-state index contributed by atoms with van der Waals surface area (Å²) in [4.78, 5) is 1.04. The molecule has 0 radical (unpaired) electrons. The zero-order chi connectivity index (χ0) is 12.3. The van der Waals surface area contributed by atoms with Gasteiger partial charge in [-0.1, -0.05) is 19.8 Å². The van der Waals surface area contributed by atoms with Crippen molar-refractivity contribution in [1.29, 1.82) is 0 Å². The molecule has 0 aliphatic heterocycles. The van der Waals surface area contributed by atoms with Crippen LogP contribution in [0.2, 0.25) is 0 Å². The van der Waals surface area contributed by atoms with Crippen LogP contribution in [0.1, 0.15) is 38.2 Å². The monoisotopic (exact) mass is 254 g/mol. The lowest BCUT2D eigenvalue weighted by Crippen LogP contribution is -2.15. The van der Waals surface area contributed by atoms with Crippen LogP contribution in [-0.4, -0.2) is 10.4 Å². The maximum atomic E-state index is 13.1. The largest absolute Gasteiger partial charge is 0.392 e. The van der Waals surface area contributed by atoms with Gasteiger partial charge in [0.15, 0.2) is 0 Å². The lowest BCUT2D eigenvalue weighted by Gasteiger charge is -2.26. The zero-order valence-corrected chi connectivity index (χ0v) is 11.0. The van der Waals surface area contributed by atoms with E-state index in [1.54, 1.807) is 17.8 Å². The summed E-state index contributed by atoms with van der Waals surface area (Å²) in [7, 11) is 0. The van der Waals surface area contributed by atoms with Gasteiger partial charge in [0.05, 0.1) is 6.61 Å². The van der Waals surface area contributed by atoms with E-state index in [-0.39, 0.29) is 12.4 Å². The Bertz CT molecular complexity index is 380. The van der Waals surface area contributed by atoms with Crippen molar-refractivity contribution >= 4 is 11.8 Å². The van der Waals surface area contributed by atoms with E-state index in [1.165, 1.54) is 37.8 Å². The van der Waals surface area contributed by atoms with E-state index >= 15 is 0 Å². The summed E-state index contributed by atoms with van der Waals surface area (Å²) in [5.41, 5.74) is 0.716. The Labute approximate surface area is 106 Å². The molecule has 0 bridgehead atoms. The first-order valence-corrected chi connectivity index (χ1v) is 7.13. The summed E-state index contributed by atoms with van der Waals surface area (Å²) in [6.07, 6.45) is 5.08. The standard InChI is InChI=1S/C14H19FOS/c1-10-3-2-4-13(7-10)17-14-6-5-12(15)8-11(14)9-16/h5-6,8,10,13,16H,2-4,7,9H2,1H3. The third-order valence-corrected chi connectivity index (χ3v) is 4.79. The third kappa shape index (κ3) is 3.46. The summed E-state index contributed by atoms with van der Waals surface area (Å²) in [6.45, 7) is 2.21. The Morgan fingerprint density at radius 3 is 2.94 bits per heavy atom. The Morgan fingerprint density at radius 1 is 1.41 bits per heavy atom. The molecule has 17 heavy (non-hydrogen) atoms. The summed E-state index contributed by atoms with van der Waals surface area (Å²) >= 11 is 1.80. The van der Waals surface area contributed by atoms with Gasteiger partial charge in [0, 0.05) is 10.1 Å². The van der Waals surface area contributed by atoms with Gasteiger partial charge in [0.1, 0.15) is 5.82 Å². The van der Waals surface area contributed by atoms with Gasteiger partial charge in [0.2, 0.25) is 0 Å². The summed E-state index contributed by atoms with van der Waals surface area (Å²) < 4.78 is 13.1. The molecule has 1 aliphatic rings. The van der Waals surface area contributed by atoms with Crippen LogP contribution < -0.4 is 0 Å². The van der Waals surface area contributed by atoms with Gasteiger partial charge in [-0.2, -0.15) is 0 Å². The number of hydrogen-bond donors (Lipinski definition) is 1. The van der Waals surface area contributed by atoms with E-state index < -0.39 is 0 Å². The highest BCUT2D eigenvalue weighted by Crippen LogP contribution is 2.37. The zero-order valence-electron chi connectivity index (χ0n) is 10.2. The minimum atomic E-state index is -0.268. The van der Waals surface area contributed by atoms with Crippen LogP contribution in [0, 0.1) is 11.7 Å². The molecular weight excluding hydrogens is 235 g/mol. The van der Waals surface area contributed by atoms with Crippen LogP contribution in [0.4, 0.5) is 4.39 Å². The van der Waals surface area contributed by atoms with Crippen LogP contribution in [0.15, 0.2) is 23.1 Å². The second kappa shape index (κ2) is 5.87. The summed E-state index contributed by atoms with van der Waals surface area (Å²) in [5, 5.41) is 9.86. The summed E-state index contributed by atoms with van der Waals surface area (Å²) in [6, 6.07) is 4.72. The van der Waals surface area contributed by atoms with Crippen molar-refractivity contribution in [3.63, 3.8) is 0 Å². The van der Waals surface area contributed by atoms with Gasteiger partial charge < -0.3 is 5.11 Å². The molecule has 2 atom stereocenters. The van der Waals surface area contributed by atoms with Crippen molar-refractivity contribution in [2.45, 2.75) is 49.4 Å². The lowest BCUT2D eigenvalue weighted by molar-refractivity contribution is 0.278. The summed E-state index contributed by atoms with van der Waals surface area (Å²) in [5.74, 6) is 0.523. The SMILES string of the molecule is CC1CCCC(Sc2ccc(F)cc2CO)C1. The van der Waals surface area contributed by atoms with Gasteiger partial charge in [-0.25, -0.2) is 4.39 Å². The fraction of sp³-hybridized carbons (Fsp3) is 0.571. The maximum Gasteiger partial charge on any atom is 0.123 e. The third-order valence-electron chi connectivity index (χ3n) is 3.37. The minimum Gasteiger partial charge on any atom is -0.392 e. The highest BCUT2D eigenvalue weighted by molar-refractivity contribution is 8.00. The molecule has 1 fully saturated rings. The molecular formula is C14H19FOS. The van der Waals surface area contributed by atoms with E-state index in [4.69, 9.17) is 0 Å². The second-order valence-corrected chi connectivity index (χ2v) is 6.26. The molecule has 94 valence electrons. The van der Waals surface area contributed by atoms with Crippen LogP contribution in [0.5, 0.6) is 0 Å². The normalized spacial score (nSPS) is 24.9. The molecule has 1 aromatic carbocycles. The van der Waals surface area contributed by atoms with Gasteiger partial charge >= 0.3 is 0 Å². The molecule has 1 aromatic rings. The Hall–Kier alpha value is -0.540. The molecule has 3 heteroatoms. The fourth-order valence-electron chi connectivity index (χ4n) is 2.45. The van der Waals surface area contributed by atoms with Crippen LogP contribution in [0.25, 0.3) is 0 Å². The number of hydrogen-bond acceptors (Lipinski definition) is 2. The van der Waals surface area contributed by atoms with Crippen molar-refractivity contribution in [3.8, 4) is 0 Å². The van der Waals surface area contributed by atoms with Gasteiger partial charge in [-0.05, 0) is 42.5 Å². The van der Waals surface area contributed by atoms with Crippen molar-refractivity contribution < 1.29 is 9.50 Å². The quantitative estimate of drug-likeness (QED) is 0.880. The van der Waals surface area contributed by atoms with E-state index in [0.717, 1.165) is 10.8 Å². The number of aliphatic hydroxyl groups is 1. The Kier molecular flexibility index (Phi) is 4.46. The van der Waals surface area contributed by atoms with Gasteiger partial charge in [0.25, 0.3) is 0 Å². The predicted molar refractivity (Wildman–Crippen MR) is 69.6 cm³/mol. The number of aliphatic hydroxyl groups excluding tert-OH is 1. The average Bonchev–Trinajstić information content (AvgIpc) is 2.31. The van der Waals surface area contributed by atoms with Gasteiger partial charge in [-0.15, -0.1) is 11.8 Å². The molecule has 0 amide bonds. The molecule has 0 saturated heterocycles. The topological polar surface area (TPSA) is 20.2 Å². The smallest absolute Gasteiger partial charge is 0.123 e. The van der Waals surface area contributed by atoms with E-state index in [2.05, 4.69) is 6.92 Å². The van der Waals surface area contributed by atoms with Gasteiger partial charge in [-0.3, -0.25) is 0 Å². The Morgan fingerprint density at radius 2 is 2.24 bits per heavy atom. The first-order chi connectivity index (χ1) is 8.19. The van der Waals surface area contributed by atoms with E-state index in [0.29, 0.717) is 10.8 Å². The molecule has 2 unspecified atom stereocenters. The van der Waals surface area contributed by atoms with Crippen LogP contribution in [-0.2, 0) is 6.61 Å². The number of benzene rings is 1. The average molecular weight is 254 g/mol. The highest BCUT2D eigenvalue weighted by Gasteiger charge is 2.20. The molecule has 0 aromatic heterocycles.